The molecule has 32 heavy (non-hydrogen) atoms. The number of carbonyl (C=O) groups is 1. The van der Waals surface area contributed by atoms with Crippen LogP contribution in [0.15, 0.2) is 46.1 Å². The van der Waals surface area contributed by atoms with Gasteiger partial charge in [0.15, 0.2) is 5.78 Å². The van der Waals surface area contributed by atoms with Crippen LogP contribution in [-0.2, 0) is 12.7 Å². The first-order chi connectivity index (χ1) is 15.1. The van der Waals surface area contributed by atoms with Crippen LogP contribution in [0.5, 0.6) is 0 Å². The quantitative estimate of drug-likeness (QED) is 0.376. The fourth-order valence-corrected chi connectivity index (χ4v) is 4.32. The molecule has 2 heterocycles. The first-order valence-electron chi connectivity index (χ1n) is 10.2. The van der Waals surface area contributed by atoms with E-state index in [0.717, 1.165) is 35.2 Å². The number of carbonyl (C=O) groups excluding carboxylic acids is 1. The maximum atomic E-state index is 13.4. The van der Waals surface area contributed by atoms with E-state index in [-0.39, 0.29) is 11.6 Å². The molecule has 0 spiro atoms. The number of hydrogen-bond acceptors (Lipinski definition) is 4. The molecule has 1 saturated carbocycles. The van der Waals surface area contributed by atoms with Gasteiger partial charge in [-0.25, -0.2) is 4.68 Å². The Kier molecular flexibility index (Phi) is 5.79. The fraction of sp³-hybridized carbons (Fsp3) is 0.348. The molecule has 1 fully saturated rings. The van der Waals surface area contributed by atoms with Gasteiger partial charge in [-0.1, -0.05) is 6.07 Å². The Morgan fingerprint density at radius 1 is 1.19 bits per heavy atom. The number of nitrogens with zero attached hydrogens (tertiary/aromatic N) is 3. The van der Waals surface area contributed by atoms with E-state index in [1.165, 1.54) is 0 Å². The molecular formula is C23H22F3N3O2S. The van der Waals surface area contributed by atoms with Crippen molar-refractivity contribution in [3.8, 4) is 5.69 Å². The second-order valence-electron chi connectivity index (χ2n) is 7.96. The van der Waals surface area contributed by atoms with Crippen LogP contribution in [0.1, 0.15) is 51.8 Å². The molecule has 1 aromatic carbocycles. The number of ketones is 1. The average molecular weight is 462 g/mol. The highest BCUT2D eigenvalue weighted by atomic mass is 32.2. The summed E-state index contributed by atoms with van der Waals surface area (Å²) in [7, 11) is 0. The zero-order valence-electron chi connectivity index (χ0n) is 17.9. The van der Waals surface area contributed by atoms with E-state index in [1.807, 2.05) is 42.0 Å². The molecule has 4 rings (SSSR count). The van der Waals surface area contributed by atoms with Crippen molar-refractivity contribution < 1.29 is 18.0 Å². The molecule has 168 valence electrons. The third-order valence-corrected chi connectivity index (χ3v) is 6.36. The topological polar surface area (TPSA) is 56.9 Å². The van der Waals surface area contributed by atoms with Gasteiger partial charge < -0.3 is 4.57 Å². The predicted molar refractivity (Wildman–Crippen MR) is 117 cm³/mol. The third kappa shape index (κ3) is 4.26. The van der Waals surface area contributed by atoms with Gasteiger partial charge in [-0.05, 0) is 63.3 Å². The maximum Gasteiger partial charge on any atom is 0.421 e. The smallest absolute Gasteiger partial charge is 0.318 e. The molecule has 0 saturated heterocycles. The number of thioether (sulfide) groups is 1. The van der Waals surface area contributed by atoms with Crippen molar-refractivity contribution in [2.24, 2.45) is 0 Å². The lowest BCUT2D eigenvalue weighted by molar-refractivity contribution is -0.139. The van der Waals surface area contributed by atoms with Crippen LogP contribution in [0.4, 0.5) is 13.2 Å². The van der Waals surface area contributed by atoms with Gasteiger partial charge >= 0.3 is 6.18 Å². The van der Waals surface area contributed by atoms with Crippen molar-refractivity contribution in [3.05, 3.63) is 75.0 Å². The van der Waals surface area contributed by atoms with Gasteiger partial charge in [0.2, 0.25) is 0 Å². The van der Waals surface area contributed by atoms with Gasteiger partial charge in [0, 0.05) is 33.5 Å². The van der Waals surface area contributed by atoms with E-state index in [0.29, 0.717) is 15.9 Å². The van der Waals surface area contributed by atoms with Crippen LogP contribution >= 0.6 is 11.8 Å². The summed E-state index contributed by atoms with van der Waals surface area (Å²) in [6, 6.07) is 10.4. The highest BCUT2D eigenvalue weighted by Crippen LogP contribution is 2.40. The summed E-state index contributed by atoms with van der Waals surface area (Å²) in [6.45, 7) is 3.09. The normalized spacial score (nSPS) is 14.1. The Labute approximate surface area is 187 Å². The number of hydrogen-bond donors (Lipinski definition) is 0. The van der Waals surface area contributed by atoms with Crippen LogP contribution in [-0.4, -0.2) is 26.4 Å². The zero-order chi connectivity index (χ0) is 23.2. The Hall–Kier alpha value is -2.81. The van der Waals surface area contributed by atoms with Gasteiger partial charge in [0.25, 0.3) is 5.56 Å². The first-order valence-corrected chi connectivity index (χ1v) is 11.4. The van der Waals surface area contributed by atoms with Crippen LogP contribution in [0.25, 0.3) is 5.69 Å². The number of halogens is 3. The largest absolute Gasteiger partial charge is 0.421 e. The highest BCUT2D eigenvalue weighted by molar-refractivity contribution is 7.98. The molecule has 0 unspecified atom stereocenters. The van der Waals surface area contributed by atoms with Crippen molar-refractivity contribution >= 4 is 17.5 Å². The van der Waals surface area contributed by atoms with Crippen LogP contribution < -0.4 is 5.56 Å². The summed E-state index contributed by atoms with van der Waals surface area (Å²) in [5.41, 5.74) is 0.357. The first kappa shape index (κ1) is 22.4. The summed E-state index contributed by atoms with van der Waals surface area (Å²) < 4.78 is 42.8. The second kappa shape index (κ2) is 8.27. The third-order valence-electron chi connectivity index (χ3n) is 5.63. The zero-order valence-corrected chi connectivity index (χ0v) is 18.7. The Balaban J connectivity index is 1.71. The molecule has 0 aliphatic heterocycles. The number of Topliss-reactive ketones (excluding diaryl/α,β-unsaturated/α-hetero) is 1. The van der Waals surface area contributed by atoms with Crippen molar-refractivity contribution in [1.82, 2.24) is 14.3 Å². The fourth-order valence-electron chi connectivity index (χ4n) is 3.86. The lowest BCUT2D eigenvalue weighted by Gasteiger charge is -2.13. The van der Waals surface area contributed by atoms with E-state index in [9.17, 15) is 22.8 Å². The van der Waals surface area contributed by atoms with E-state index in [2.05, 4.69) is 5.10 Å². The average Bonchev–Trinajstić information content (AvgIpc) is 3.53. The second-order valence-corrected chi connectivity index (χ2v) is 8.84. The van der Waals surface area contributed by atoms with E-state index >= 15 is 0 Å². The monoisotopic (exact) mass is 461 g/mol. The standard InChI is InChI=1S/C23H22F3N3O2S/c1-13-9-18(14(2)29(13)16-5-4-6-17(10-16)32-3)21(30)12-28-22(31)19(23(24,25)26)11-20(27-28)15-7-8-15/h4-6,9-11,15H,7-8,12H2,1-3H3. The van der Waals surface area contributed by atoms with Crippen LogP contribution in [0, 0.1) is 13.8 Å². The summed E-state index contributed by atoms with van der Waals surface area (Å²) >= 11 is 1.60. The molecule has 0 atom stereocenters. The summed E-state index contributed by atoms with van der Waals surface area (Å²) in [5.74, 6) is -0.548. The van der Waals surface area contributed by atoms with Crippen molar-refractivity contribution in [2.45, 2.75) is 50.2 Å². The predicted octanol–water partition coefficient (Wildman–Crippen LogP) is 5.15. The van der Waals surface area contributed by atoms with Gasteiger partial charge in [-0.2, -0.15) is 18.3 Å². The molecule has 2 aromatic heterocycles. The molecule has 5 nitrogen and oxygen atoms in total. The lowest BCUT2D eigenvalue weighted by atomic mass is 10.1. The molecular weight excluding hydrogens is 439 g/mol. The minimum absolute atomic E-state index is 0.0909. The highest BCUT2D eigenvalue weighted by Gasteiger charge is 2.38. The number of alkyl halides is 3. The SMILES string of the molecule is CSc1cccc(-n2c(C)cc(C(=O)Cn3nc(C4CC4)cc(C(F)(F)F)c3=O)c2C)c1. The molecule has 0 N–H and O–H groups in total. The molecule has 1 aliphatic carbocycles. The molecule has 1 aliphatic rings. The summed E-state index contributed by atoms with van der Waals surface area (Å²) in [5, 5.41) is 4.09. The number of benzene rings is 1. The minimum Gasteiger partial charge on any atom is -0.318 e. The molecule has 0 amide bonds. The summed E-state index contributed by atoms with van der Waals surface area (Å²) in [4.78, 5) is 26.6. The van der Waals surface area contributed by atoms with E-state index in [4.69, 9.17) is 0 Å². The van der Waals surface area contributed by atoms with Crippen molar-refractivity contribution in [3.63, 3.8) is 0 Å². The molecule has 0 bridgehead atoms. The lowest BCUT2D eigenvalue weighted by Crippen LogP contribution is -2.33. The van der Waals surface area contributed by atoms with E-state index < -0.39 is 29.6 Å². The minimum atomic E-state index is -4.80. The van der Waals surface area contributed by atoms with E-state index in [1.54, 1.807) is 24.8 Å². The molecule has 3 aromatic rings. The van der Waals surface area contributed by atoms with Gasteiger partial charge in [-0.15, -0.1) is 11.8 Å². The Bertz CT molecular complexity index is 1260. The Morgan fingerprint density at radius 2 is 1.91 bits per heavy atom. The Morgan fingerprint density at radius 3 is 2.53 bits per heavy atom. The molecule has 0 radical (unpaired) electrons. The van der Waals surface area contributed by atoms with Crippen LogP contribution in [0.3, 0.4) is 0 Å². The van der Waals surface area contributed by atoms with Crippen molar-refractivity contribution in [1.29, 1.82) is 0 Å². The van der Waals surface area contributed by atoms with Crippen molar-refractivity contribution in [2.75, 3.05) is 6.26 Å². The summed E-state index contributed by atoms with van der Waals surface area (Å²) in [6.07, 6.45) is -1.37. The van der Waals surface area contributed by atoms with Gasteiger partial charge in [0.05, 0.1) is 5.69 Å². The number of rotatable bonds is 6. The number of aromatic nitrogens is 3. The molecule has 9 heteroatoms. The van der Waals surface area contributed by atoms with Gasteiger partial charge in [-0.3, -0.25) is 9.59 Å². The maximum absolute atomic E-state index is 13.4. The number of aryl methyl sites for hydroxylation is 1. The van der Waals surface area contributed by atoms with Gasteiger partial charge in [0.1, 0.15) is 12.1 Å². The van der Waals surface area contributed by atoms with Crippen LogP contribution in [0.2, 0.25) is 0 Å².